The zero-order chi connectivity index (χ0) is 12.3. The second-order valence-electron chi connectivity index (χ2n) is 3.61. The fourth-order valence-corrected chi connectivity index (χ4v) is 2.46. The van der Waals surface area contributed by atoms with Crippen molar-refractivity contribution in [3.8, 4) is 10.4 Å². The molecule has 0 unspecified atom stereocenters. The normalized spacial score (nSPS) is 11.5. The Morgan fingerprint density at radius 2 is 1.94 bits per heavy atom. The highest BCUT2D eigenvalue weighted by Gasteiger charge is 2.05. The molecule has 0 bridgehead atoms. The van der Waals surface area contributed by atoms with Crippen LogP contribution in [0.2, 0.25) is 0 Å². The van der Waals surface area contributed by atoms with Gasteiger partial charge in [0.2, 0.25) is 5.70 Å². The monoisotopic (exact) mass is 245 g/mol. The number of benzene rings is 1. The lowest BCUT2D eigenvalue weighted by Gasteiger charge is -1.94. The molecule has 0 aliphatic carbocycles. The van der Waals surface area contributed by atoms with Gasteiger partial charge in [0.15, 0.2) is 0 Å². The highest BCUT2D eigenvalue weighted by Crippen LogP contribution is 2.29. The van der Waals surface area contributed by atoms with Crippen molar-refractivity contribution in [2.75, 3.05) is 0 Å². The van der Waals surface area contributed by atoms with Gasteiger partial charge in [0.05, 0.1) is 4.92 Å². The standard InChI is InChI=1S/C13H11NO2S/c1-10(14(15)16)9-12-7-8-13(17-12)11-5-3-2-4-6-11/h2-9H,1H3. The van der Waals surface area contributed by atoms with Crippen molar-refractivity contribution in [3.05, 3.63) is 63.2 Å². The number of nitro groups is 1. The fraction of sp³-hybridized carbons (Fsp3) is 0.0769. The van der Waals surface area contributed by atoms with Gasteiger partial charge in [-0.25, -0.2) is 0 Å². The third-order valence-electron chi connectivity index (χ3n) is 2.32. The molecule has 86 valence electrons. The second kappa shape index (κ2) is 4.93. The molecular formula is C13H11NO2S. The summed E-state index contributed by atoms with van der Waals surface area (Å²) >= 11 is 1.55. The summed E-state index contributed by atoms with van der Waals surface area (Å²) in [5.41, 5.74) is 1.29. The van der Waals surface area contributed by atoms with E-state index >= 15 is 0 Å². The van der Waals surface area contributed by atoms with E-state index in [1.807, 2.05) is 42.5 Å². The number of hydrogen-bond donors (Lipinski definition) is 0. The molecular weight excluding hydrogens is 234 g/mol. The van der Waals surface area contributed by atoms with E-state index in [9.17, 15) is 10.1 Å². The van der Waals surface area contributed by atoms with E-state index in [0.29, 0.717) is 0 Å². The lowest BCUT2D eigenvalue weighted by molar-refractivity contribution is -0.422. The van der Waals surface area contributed by atoms with Crippen molar-refractivity contribution in [2.24, 2.45) is 0 Å². The zero-order valence-corrected chi connectivity index (χ0v) is 10.1. The second-order valence-corrected chi connectivity index (χ2v) is 4.73. The van der Waals surface area contributed by atoms with Crippen molar-refractivity contribution in [3.63, 3.8) is 0 Å². The Hall–Kier alpha value is -1.94. The SMILES string of the molecule is CC(=Cc1ccc(-c2ccccc2)s1)[N+](=O)[O-]. The maximum absolute atomic E-state index is 10.5. The molecule has 0 N–H and O–H groups in total. The first kappa shape index (κ1) is 11.5. The van der Waals surface area contributed by atoms with E-state index in [0.717, 1.165) is 15.3 Å². The average molecular weight is 245 g/mol. The number of nitrogens with zero attached hydrogens (tertiary/aromatic N) is 1. The first-order valence-corrected chi connectivity index (χ1v) is 5.96. The molecule has 3 nitrogen and oxygen atoms in total. The van der Waals surface area contributed by atoms with E-state index < -0.39 is 0 Å². The van der Waals surface area contributed by atoms with Crippen LogP contribution in [0, 0.1) is 10.1 Å². The molecule has 17 heavy (non-hydrogen) atoms. The van der Waals surface area contributed by atoms with Gasteiger partial charge >= 0.3 is 0 Å². The smallest absolute Gasteiger partial charge is 0.244 e. The maximum atomic E-state index is 10.5. The lowest BCUT2D eigenvalue weighted by Crippen LogP contribution is -1.91. The van der Waals surface area contributed by atoms with Crippen LogP contribution in [-0.2, 0) is 0 Å². The van der Waals surface area contributed by atoms with Crippen LogP contribution in [0.3, 0.4) is 0 Å². The Morgan fingerprint density at radius 3 is 2.59 bits per heavy atom. The third-order valence-corrected chi connectivity index (χ3v) is 3.41. The highest BCUT2D eigenvalue weighted by atomic mass is 32.1. The molecule has 2 rings (SSSR count). The van der Waals surface area contributed by atoms with Crippen molar-refractivity contribution in [1.29, 1.82) is 0 Å². The molecule has 1 aromatic heterocycles. The van der Waals surface area contributed by atoms with E-state index in [1.165, 1.54) is 6.92 Å². The van der Waals surface area contributed by atoms with Gasteiger partial charge in [-0.2, -0.15) is 0 Å². The minimum absolute atomic E-state index is 0.159. The molecule has 1 aromatic carbocycles. The van der Waals surface area contributed by atoms with Crippen LogP contribution >= 0.6 is 11.3 Å². The van der Waals surface area contributed by atoms with Gasteiger partial charge in [0, 0.05) is 22.8 Å². The molecule has 0 aliphatic heterocycles. The molecule has 0 amide bonds. The molecule has 0 saturated carbocycles. The van der Waals surface area contributed by atoms with E-state index in [-0.39, 0.29) is 10.6 Å². The number of hydrogen-bond acceptors (Lipinski definition) is 3. The zero-order valence-electron chi connectivity index (χ0n) is 9.29. The summed E-state index contributed by atoms with van der Waals surface area (Å²) in [6.45, 7) is 1.50. The predicted octanol–water partition coefficient (Wildman–Crippen LogP) is 4.05. The van der Waals surface area contributed by atoms with E-state index in [2.05, 4.69) is 0 Å². The van der Waals surface area contributed by atoms with Crippen LogP contribution in [-0.4, -0.2) is 4.92 Å². The van der Waals surface area contributed by atoms with Crippen LogP contribution < -0.4 is 0 Å². The minimum Gasteiger partial charge on any atom is -0.259 e. The summed E-state index contributed by atoms with van der Waals surface area (Å²) in [7, 11) is 0. The van der Waals surface area contributed by atoms with Crippen LogP contribution in [0.4, 0.5) is 0 Å². The molecule has 0 fully saturated rings. The summed E-state index contributed by atoms with van der Waals surface area (Å²) in [4.78, 5) is 12.2. The Kier molecular flexibility index (Phi) is 3.35. The van der Waals surface area contributed by atoms with Crippen molar-refractivity contribution >= 4 is 17.4 Å². The molecule has 4 heteroatoms. The van der Waals surface area contributed by atoms with Gasteiger partial charge in [0.25, 0.3) is 0 Å². The first-order valence-electron chi connectivity index (χ1n) is 5.15. The topological polar surface area (TPSA) is 43.1 Å². The molecule has 2 aromatic rings. The van der Waals surface area contributed by atoms with Crippen LogP contribution in [0.1, 0.15) is 11.8 Å². The van der Waals surface area contributed by atoms with Crippen LogP contribution in [0.25, 0.3) is 16.5 Å². The lowest BCUT2D eigenvalue weighted by atomic mass is 10.2. The maximum Gasteiger partial charge on any atom is 0.244 e. The molecule has 1 heterocycles. The third kappa shape index (κ3) is 2.79. The summed E-state index contributed by atoms with van der Waals surface area (Å²) in [5.74, 6) is 0. The minimum atomic E-state index is -0.373. The van der Waals surface area contributed by atoms with E-state index in [4.69, 9.17) is 0 Å². The number of allylic oxidation sites excluding steroid dienone is 1. The van der Waals surface area contributed by atoms with Crippen LogP contribution in [0.5, 0.6) is 0 Å². The van der Waals surface area contributed by atoms with Crippen molar-refractivity contribution in [1.82, 2.24) is 0 Å². The van der Waals surface area contributed by atoms with Gasteiger partial charge in [-0.3, -0.25) is 10.1 Å². The number of thiophene rings is 1. The Morgan fingerprint density at radius 1 is 1.24 bits per heavy atom. The van der Waals surface area contributed by atoms with Gasteiger partial charge in [-0.1, -0.05) is 30.3 Å². The van der Waals surface area contributed by atoms with Gasteiger partial charge in [0.1, 0.15) is 0 Å². The summed E-state index contributed by atoms with van der Waals surface area (Å²) in [5, 5.41) is 10.5. The summed E-state index contributed by atoms with van der Waals surface area (Å²) in [6, 6.07) is 13.9. The number of rotatable bonds is 3. The fourth-order valence-electron chi connectivity index (χ4n) is 1.45. The van der Waals surface area contributed by atoms with Crippen molar-refractivity contribution < 1.29 is 4.92 Å². The largest absolute Gasteiger partial charge is 0.259 e. The summed E-state index contributed by atoms with van der Waals surface area (Å²) in [6.07, 6.45) is 1.59. The van der Waals surface area contributed by atoms with Gasteiger partial charge in [-0.05, 0) is 17.7 Å². The Labute approximate surface area is 103 Å². The molecule has 0 atom stereocenters. The van der Waals surface area contributed by atoms with Gasteiger partial charge in [-0.15, -0.1) is 11.3 Å². The quantitative estimate of drug-likeness (QED) is 0.604. The average Bonchev–Trinajstić information content (AvgIpc) is 2.78. The first-order chi connectivity index (χ1) is 8.16. The Bertz CT molecular complexity index is 558. The highest BCUT2D eigenvalue weighted by molar-refractivity contribution is 7.16. The molecule has 0 radical (unpaired) electrons. The predicted molar refractivity (Wildman–Crippen MR) is 70.4 cm³/mol. The van der Waals surface area contributed by atoms with E-state index in [1.54, 1.807) is 17.4 Å². The Balaban J connectivity index is 2.29. The van der Waals surface area contributed by atoms with Crippen LogP contribution in [0.15, 0.2) is 48.2 Å². The van der Waals surface area contributed by atoms with Crippen molar-refractivity contribution in [2.45, 2.75) is 6.92 Å². The summed E-state index contributed by atoms with van der Waals surface area (Å²) < 4.78 is 0. The molecule has 0 spiro atoms. The van der Waals surface area contributed by atoms with Gasteiger partial charge < -0.3 is 0 Å². The molecule has 0 aliphatic rings. The molecule has 0 saturated heterocycles.